The molecule has 3 aromatic rings. The number of hydrogen-bond acceptors (Lipinski definition) is 7. The van der Waals surface area contributed by atoms with Gasteiger partial charge in [0.1, 0.15) is 18.6 Å². The monoisotopic (exact) mass is 508 g/mol. The minimum absolute atomic E-state index is 0.107. The zero-order chi connectivity index (χ0) is 25.9. The van der Waals surface area contributed by atoms with Gasteiger partial charge < -0.3 is 24.7 Å². The molecule has 1 amide bonds. The van der Waals surface area contributed by atoms with Crippen molar-refractivity contribution in [3.63, 3.8) is 0 Å². The normalized spacial score (nSPS) is 17.0. The summed E-state index contributed by atoms with van der Waals surface area (Å²) in [6.45, 7) is 5.73. The summed E-state index contributed by atoms with van der Waals surface area (Å²) in [5, 5.41) is 11.0. The number of likely N-dealkylation sites (N-methyl/N-ethyl adjacent to an activating group) is 1. The number of imidazole rings is 1. The molecule has 194 valence electrons. The topological polar surface area (TPSA) is 97.0 Å². The van der Waals surface area contributed by atoms with Crippen molar-refractivity contribution in [3.8, 4) is 17.1 Å². The summed E-state index contributed by atoms with van der Waals surface area (Å²) in [6, 6.07) is 13.0. The molecule has 0 bridgehead atoms. The number of ether oxygens (including phenoxy) is 1. The maximum absolute atomic E-state index is 14.9. The van der Waals surface area contributed by atoms with E-state index in [2.05, 4.69) is 14.8 Å². The summed E-state index contributed by atoms with van der Waals surface area (Å²) in [5.74, 6) is -0.986. The first-order valence-electron chi connectivity index (χ1n) is 12.3. The Hall–Kier alpha value is -3.83. The van der Waals surface area contributed by atoms with E-state index in [9.17, 15) is 19.3 Å². The van der Waals surface area contributed by atoms with Crippen LogP contribution in [0.4, 0.5) is 10.2 Å². The van der Waals surface area contributed by atoms with Crippen molar-refractivity contribution in [2.45, 2.75) is 13.1 Å². The molecule has 11 heteroatoms. The van der Waals surface area contributed by atoms with Crippen LogP contribution < -0.4 is 4.74 Å². The molecule has 3 heterocycles. The summed E-state index contributed by atoms with van der Waals surface area (Å²) in [7, 11) is 2.01. The van der Waals surface area contributed by atoms with Gasteiger partial charge in [0.15, 0.2) is 0 Å². The fourth-order valence-electron chi connectivity index (χ4n) is 4.64. The van der Waals surface area contributed by atoms with Gasteiger partial charge in [-0.15, -0.1) is 0 Å². The number of nitro groups is 1. The highest BCUT2D eigenvalue weighted by molar-refractivity contribution is 5.95. The smallest absolute Gasteiger partial charge is 0.414 e. The summed E-state index contributed by atoms with van der Waals surface area (Å²) < 4.78 is 22.2. The Bertz CT molecular complexity index is 1290. The number of carbonyl (C=O) groups excluding carboxylic acids is 1. The van der Waals surface area contributed by atoms with Crippen molar-refractivity contribution in [1.29, 1.82) is 0 Å². The third kappa shape index (κ3) is 5.62. The number of carbonyl (C=O) groups is 1. The number of piperazine rings is 1. The molecule has 2 aliphatic heterocycles. The van der Waals surface area contributed by atoms with E-state index < -0.39 is 10.7 Å². The number of halogens is 1. The number of fused-ring (bicyclic) bond motifs is 1. The third-order valence-corrected chi connectivity index (χ3v) is 6.89. The highest BCUT2D eigenvalue weighted by Gasteiger charge is 2.24. The van der Waals surface area contributed by atoms with Crippen LogP contribution in [-0.2, 0) is 13.1 Å². The lowest BCUT2D eigenvalue weighted by molar-refractivity contribution is -0.389. The summed E-state index contributed by atoms with van der Waals surface area (Å²) in [6.07, 6.45) is 1.40. The minimum atomic E-state index is -0.522. The van der Waals surface area contributed by atoms with Crippen LogP contribution in [0.2, 0.25) is 0 Å². The van der Waals surface area contributed by atoms with Crippen molar-refractivity contribution >= 4 is 11.7 Å². The van der Waals surface area contributed by atoms with Crippen molar-refractivity contribution in [3.05, 3.63) is 75.7 Å². The lowest BCUT2D eigenvalue weighted by atomic mass is 10.0. The third-order valence-electron chi connectivity index (χ3n) is 6.89. The zero-order valence-corrected chi connectivity index (χ0v) is 20.7. The van der Waals surface area contributed by atoms with E-state index in [0.29, 0.717) is 51.4 Å². The van der Waals surface area contributed by atoms with Crippen molar-refractivity contribution in [2.24, 2.45) is 0 Å². The van der Waals surface area contributed by atoms with E-state index in [1.807, 2.05) is 31.3 Å². The summed E-state index contributed by atoms with van der Waals surface area (Å²) in [4.78, 5) is 33.2. The second kappa shape index (κ2) is 10.7. The maximum Gasteiger partial charge on any atom is 0.414 e. The minimum Gasteiger partial charge on any atom is -0.444 e. The molecule has 37 heavy (non-hydrogen) atoms. The fraction of sp³-hybridized carbons (Fsp3) is 0.385. The highest BCUT2D eigenvalue weighted by Crippen LogP contribution is 2.24. The van der Waals surface area contributed by atoms with Gasteiger partial charge in [-0.05, 0) is 40.8 Å². The quantitative estimate of drug-likeness (QED) is 0.386. The first-order valence-corrected chi connectivity index (χ1v) is 12.3. The second-order valence-electron chi connectivity index (χ2n) is 9.44. The molecule has 0 N–H and O–H groups in total. The van der Waals surface area contributed by atoms with Crippen LogP contribution >= 0.6 is 0 Å². The van der Waals surface area contributed by atoms with Crippen LogP contribution in [0.15, 0.2) is 48.7 Å². The van der Waals surface area contributed by atoms with Gasteiger partial charge in [0, 0.05) is 57.3 Å². The van der Waals surface area contributed by atoms with E-state index in [1.165, 1.54) is 12.3 Å². The second-order valence-corrected chi connectivity index (χ2v) is 9.44. The highest BCUT2D eigenvalue weighted by atomic mass is 19.1. The lowest BCUT2D eigenvalue weighted by Gasteiger charge is -2.32. The lowest BCUT2D eigenvalue weighted by Crippen LogP contribution is -2.47. The molecule has 0 atom stereocenters. The predicted octanol–water partition coefficient (Wildman–Crippen LogP) is 2.88. The molecule has 5 rings (SSSR count). The van der Waals surface area contributed by atoms with Gasteiger partial charge in [0.25, 0.3) is 5.91 Å². The zero-order valence-electron chi connectivity index (χ0n) is 20.7. The van der Waals surface area contributed by atoms with E-state index in [-0.39, 0.29) is 23.3 Å². The van der Waals surface area contributed by atoms with E-state index in [4.69, 9.17) is 4.74 Å². The van der Waals surface area contributed by atoms with Gasteiger partial charge in [-0.3, -0.25) is 14.3 Å². The van der Waals surface area contributed by atoms with Crippen molar-refractivity contribution in [2.75, 3.05) is 52.9 Å². The van der Waals surface area contributed by atoms with E-state index >= 15 is 0 Å². The summed E-state index contributed by atoms with van der Waals surface area (Å²) in [5.41, 5.74) is 2.78. The number of amides is 1. The molecule has 1 fully saturated rings. The van der Waals surface area contributed by atoms with Gasteiger partial charge in [-0.2, -0.15) is 0 Å². The first-order chi connectivity index (χ1) is 17.9. The standard InChI is InChI=1S/C26H29FN6O4/c1-29-8-11-31(12-9-29)25(34)22-7-6-21(16-23(22)27)20-4-2-19(3-5-20)17-30-10-13-32-18-24(33(35)36)28-26(32)37-15-14-30/h2-7,16,18H,8-15,17H2,1H3. The number of rotatable bonds is 5. The molecule has 1 saturated heterocycles. The Balaban J connectivity index is 1.21. The van der Waals surface area contributed by atoms with Gasteiger partial charge in [-0.1, -0.05) is 30.3 Å². The fourth-order valence-corrected chi connectivity index (χ4v) is 4.64. The molecule has 10 nitrogen and oxygen atoms in total. The van der Waals surface area contributed by atoms with Gasteiger partial charge in [0.2, 0.25) is 0 Å². The Morgan fingerprint density at radius 2 is 1.76 bits per heavy atom. The Kier molecular flexibility index (Phi) is 7.15. The van der Waals surface area contributed by atoms with Crippen LogP contribution in [0.25, 0.3) is 11.1 Å². The molecule has 0 radical (unpaired) electrons. The van der Waals surface area contributed by atoms with Crippen LogP contribution in [0.5, 0.6) is 6.01 Å². The average Bonchev–Trinajstić information content (AvgIpc) is 3.28. The van der Waals surface area contributed by atoms with Gasteiger partial charge in [-0.25, -0.2) is 4.39 Å². The average molecular weight is 509 g/mol. The van der Waals surface area contributed by atoms with E-state index in [0.717, 1.165) is 24.2 Å². The maximum atomic E-state index is 14.9. The van der Waals surface area contributed by atoms with Crippen LogP contribution in [0, 0.1) is 15.9 Å². The largest absolute Gasteiger partial charge is 0.444 e. The van der Waals surface area contributed by atoms with Gasteiger partial charge in [0.05, 0.1) is 5.56 Å². The molecule has 1 aromatic heterocycles. The Morgan fingerprint density at radius 1 is 1.03 bits per heavy atom. The van der Waals surface area contributed by atoms with Crippen LogP contribution in [0.3, 0.4) is 0 Å². The summed E-state index contributed by atoms with van der Waals surface area (Å²) >= 11 is 0. The molecular weight excluding hydrogens is 479 g/mol. The number of hydrogen-bond donors (Lipinski definition) is 0. The Morgan fingerprint density at radius 3 is 2.46 bits per heavy atom. The van der Waals surface area contributed by atoms with Crippen LogP contribution in [-0.4, -0.2) is 88.0 Å². The van der Waals surface area contributed by atoms with Crippen molar-refractivity contribution in [1.82, 2.24) is 24.3 Å². The predicted molar refractivity (Wildman–Crippen MR) is 135 cm³/mol. The molecule has 2 aromatic carbocycles. The van der Waals surface area contributed by atoms with Crippen LogP contribution in [0.1, 0.15) is 15.9 Å². The SMILES string of the molecule is CN1CCN(C(=O)c2ccc(-c3ccc(CN4CCOc5nc([N+](=O)[O-])cn5CC4)cc3)cc2F)CC1. The molecule has 0 saturated carbocycles. The van der Waals surface area contributed by atoms with Crippen molar-refractivity contribution < 1.29 is 18.8 Å². The molecule has 0 spiro atoms. The number of aromatic nitrogens is 2. The number of benzene rings is 2. The number of nitrogens with zero attached hydrogens (tertiary/aromatic N) is 6. The molecule has 0 aliphatic carbocycles. The molecule has 0 unspecified atom stereocenters. The Labute approximate surface area is 214 Å². The molecule has 2 aliphatic rings. The van der Waals surface area contributed by atoms with Gasteiger partial charge >= 0.3 is 11.8 Å². The van der Waals surface area contributed by atoms with E-state index in [1.54, 1.807) is 21.6 Å². The first kappa shape index (κ1) is 24.8. The molecular formula is C26H29FN6O4.